The highest BCUT2D eigenvalue weighted by Gasteiger charge is 2.22. The predicted molar refractivity (Wildman–Crippen MR) is 79.5 cm³/mol. The standard InChI is InChI=1S/C16H22NO4/c1-10-6-13(19)7-11(2)14(10)8-12(9-18)17-15(20)21-16(3,4)5/h6-7,9,12,19H,8H2,1-5H3. The van der Waals surface area contributed by atoms with E-state index in [0.29, 0.717) is 12.7 Å². The monoisotopic (exact) mass is 292 g/mol. The third-order valence-electron chi connectivity index (χ3n) is 2.92. The van der Waals surface area contributed by atoms with Gasteiger partial charge in [0.05, 0.1) is 0 Å². The van der Waals surface area contributed by atoms with Crippen LogP contribution in [-0.4, -0.2) is 29.1 Å². The lowest BCUT2D eigenvalue weighted by molar-refractivity contribution is -0.109. The number of rotatable bonds is 4. The van der Waals surface area contributed by atoms with Crippen molar-refractivity contribution in [1.82, 2.24) is 5.32 Å². The number of aldehydes is 1. The van der Waals surface area contributed by atoms with Gasteiger partial charge in [0.2, 0.25) is 0 Å². The van der Waals surface area contributed by atoms with E-state index in [-0.39, 0.29) is 5.75 Å². The van der Waals surface area contributed by atoms with Crippen molar-refractivity contribution in [2.45, 2.75) is 52.7 Å². The molecule has 21 heavy (non-hydrogen) atoms. The number of carbonyl (C=O) groups excluding carboxylic acids is 2. The number of nitrogens with zero attached hydrogens (tertiary/aromatic N) is 1. The second kappa shape index (κ2) is 6.61. The zero-order valence-corrected chi connectivity index (χ0v) is 13.1. The second-order valence-electron chi connectivity index (χ2n) is 6.08. The van der Waals surface area contributed by atoms with Crippen molar-refractivity contribution >= 4 is 12.4 Å². The number of ether oxygens (including phenoxy) is 1. The van der Waals surface area contributed by atoms with E-state index in [1.54, 1.807) is 32.9 Å². The van der Waals surface area contributed by atoms with Crippen LogP contribution in [0.4, 0.5) is 4.79 Å². The summed E-state index contributed by atoms with van der Waals surface area (Å²) in [7, 11) is 0. The van der Waals surface area contributed by atoms with Gasteiger partial charge in [-0.05, 0) is 63.4 Å². The predicted octanol–water partition coefficient (Wildman–Crippen LogP) is 2.66. The maximum absolute atomic E-state index is 11.7. The fourth-order valence-electron chi connectivity index (χ4n) is 2.05. The SMILES string of the molecule is Cc1cc(O)cc(C)c1CC(C=O)[N]C(=O)OC(C)(C)C. The first-order valence-electron chi connectivity index (χ1n) is 6.80. The molecule has 0 spiro atoms. The maximum Gasteiger partial charge on any atom is 0.430 e. The molecule has 1 atom stereocenters. The highest BCUT2D eigenvalue weighted by atomic mass is 16.6. The van der Waals surface area contributed by atoms with Crippen LogP contribution in [-0.2, 0) is 16.0 Å². The van der Waals surface area contributed by atoms with E-state index in [0.717, 1.165) is 16.7 Å². The summed E-state index contributed by atoms with van der Waals surface area (Å²) in [5, 5.41) is 13.3. The van der Waals surface area contributed by atoms with E-state index in [1.165, 1.54) is 0 Å². The molecular weight excluding hydrogens is 270 g/mol. The third-order valence-corrected chi connectivity index (χ3v) is 2.92. The molecule has 115 valence electrons. The topological polar surface area (TPSA) is 77.7 Å². The van der Waals surface area contributed by atoms with Gasteiger partial charge in [-0.1, -0.05) is 0 Å². The number of benzene rings is 1. The molecule has 0 fully saturated rings. The van der Waals surface area contributed by atoms with Crippen LogP contribution >= 0.6 is 0 Å². The molecule has 1 unspecified atom stereocenters. The first-order valence-corrected chi connectivity index (χ1v) is 6.80. The third kappa shape index (κ3) is 5.45. The zero-order chi connectivity index (χ0) is 16.2. The number of hydrogen-bond acceptors (Lipinski definition) is 4. The molecule has 1 radical (unpaired) electrons. The first kappa shape index (κ1) is 17.0. The summed E-state index contributed by atoms with van der Waals surface area (Å²) >= 11 is 0. The molecule has 1 amide bonds. The lowest BCUT2D eigenvalue weighted by Crippen LogP contribution is -2.36. The van der Waals surface area contributed by atoms with Crippen molar-refractivity contribution in [3.05, 3.63) is 28.8 Å². The van der Waals surface area contributed by atoms with Crippen LogP contribution in [0.5, 0.6) is 5.75 Å². The van der Waals surface area contributed by atoms with E-state index < -0.39 is 17.7 Å². The number of phenolic OH excluding ortho intramolecular Hbond substituents is 1. The van der Waals surface area contributed by atoms with E-state index >= 15 is 0 Å². The smallest absolute Gasteiger partial charge is 0.430 e. The molecule has 0 heterocycles. The second-order valence-corrected chi connectivity index (χ2v) is 6.08. The van der Waals surface area contributed by atoms with Crippen molar-refractivity contribution in [2.75, 3.05) is 0 Å². The Bertz CT molecular complexity index is 509. The highest BCUT2D eigenvalue weighted by molar-refractivity contribution is 5.73. The molecule has 1 rings (SSSR count). The molecule has 1 aromatic rings. The Balaban J connectivity index is 2.80. The summed E-state index contributed by atoms with van der Waals surface area (Å²) in [5.41, 5.74) is 1.98. The van der Waals surface area contributed by atoms with Crippen LogP contribution in [0.1, 0.15) is 37.5 Å². The van der Waals surface area contributed by atoms with E-state index in [9.17, 15) is 14.7 Å². The van der Waals surface area contributed by atoms with E-state index in [2.05, 4.69) is 5.32 Å². The van der Waals surface area contributed by atoms with Crippen LogP contribution in [0, 0.1) is 13.8 Å². The molecule has 0 aliphatic heterocycles. The van der Waals surface area contributed by atoms with Crippen LogP contribution in [0.25, 0.3) is 0 Å². The minimum Gasteiger partial charge on any atom is -0.508 e. The quantitative estimate of drug-likeness (QED) is 0.865. The summed E-state index contributed by atoms with van der Waals surface area (Å²) in [6.07, 6.45) is 0.199. The van der Waals surface area contributed by atoms with Gasteiger partial charge in [0.25, 0.3) is 0 Å². The van der Waals surface area contributed by atoms with Gasteiger partial charge in [-0.25, -0.2) is 10.1 Å². The average molecular weight is 292 g/mol. The van der Waals surface area contributed by atoms with Crippen LogP contribution < -0.4 is 5.32 Å². The molecule has 5 nitrogen and oxygen atoms in total. The molecule has 0 aliphatic carbocycles. The fourth-order valence-corrected chi connectivity index (χ4v) is 2.05. The Morgan fingerprint density at radius 3 is 2.29 bits per heavy atom. The van der Waals surface area contributed by atoms with Gasteiger partial charge in [0.15, 0.2) is 0 Å². The Morgan fingerprint density at radius 2 is 1.86 bits per heavy atom. The molecule has 5 heteroatoms. The maximum atomic E-state index is 11.7. The van der Waals surface area contributed by atoms with E-state index in [4.69, 9.17) is 4.74 Å². The number of aryl methyl sites for hydroxylation is 2. The van der Waals surface area contributed by atoms with Gasteiger partial charge in [-0.2, -0.15) is 0 Å². The normalized spacial score (nSPS) is 12.6. The Morgan fingerprint density at radius 1 is 1.33 bits per heavy atom. The average Bonchev–Trinajstić information content (AvgIpc) is 2.29. The fraction of sp³-hybridized carbons (Fsp3) is 0.500. The lowest BCUT2D eigenvalue weighted by atomic mass is 9.96. The zero-order valence-electron chi connectivity index (χ0n) is 13.1. The van der Waals surface area contributed by atoms with Crippen LogP contribution in [0.3, 0.4) is 0 Å². The van der Waals surface area contributed by atoms with Crippen LogP contribution in [0.15, 0.2) is 12.1 Å². The van der Waals surface area contributed by atoms with Gasteiger partial charge in [-0.15, -0.1) is 0 Å². The Labute approximate surface area is 125 Å². The molecular formula is C16H22NO4. The van der Waals surface area contributed by atoms with Crippen molar-refractivity contribution < 1.29 is 19.4 Å². The summed E-state index contributed by atoms with van der Waals surface area (Å²) < 4.78 is 5.08. The van der Waals surface area contributed by atoms with Gasteiger partial charge >= 0.3 is 6.09 Å². The largest absolute Gasteiger partial charge is 0.508 e. The molecule has 1 N–H and O–H groups in total. The number of aromatic hydroxyl groups is 1. The van der Waals surface area contributed by atoms with Crippen molar-refractivity contribution in [2.24, 2.45) is 0 Å². The van der Waals surface area contributed by atoms with Gasteiger partial charge in [0, 0.05) is 6.42 Å². The molecule has 1 aromatic carbocycles. The van der Waals surface area contributed by atoms with Gasteiger partial charge in [0.1, 0.15) is 23.7 Å². The minimum absolute atomic E-state index is 0.181. The van der Waals surface area contributed by atoms with Crippen molar-refractivity contribution in [3.8, 4) is 5.75 Å². The van der Waals surface area contributed by atoms with Gasteiger partial charge < -0.3 is 14.6 Å². The van der Waals surface area contributed by atoms with Gasteiger partial charge in [-0.3, -0.25) is 0 Å². The van der Waals surface area contributed by atoms with Crippen molar-refractivity contribution in [3.63, 3.8) is 0 Å². The molecule has 0 aromatic heterocycles. The molecule has 0 saturated heterocycles. The summed E-state index contributed by atoms with van der Waals surface area (Å²) in [6, 6.07) is 2.46. The molecule has 0 aliphatic rings. The first-order chi connectivity index (χ1) is 9.62. The number of hydrogen-bond donors (Lipinski definition) is 1. The summed E-state index contributed by atoms with van der Waals surface area (Å²) in [6.45, 7) is 8.91. The summed E-state index contributed by atoms with van der Waals surface area (Å²) in [4.78, 5) is 22.8. The van der Waals surface area contributed by atoms with Crippen molar-refractivity contribution in [1.29, 1.82) is 0 Å². The van der Waals surface area contributed by atoms with E-state index in [1.807, 2.05) is 13.8 Å². The lowest BCUT2D eigenvalue weighted by Gasteiger charge is -2.20. The Kier molecular flexibility index (Phi) is 5.35. The number of phenols is 1. The molecule has 0 saturated carbocycles. The minimum atomic E-state index is -0.790. The number of carbonyl (C=O) groups is 2. The van der Waals surface area contributed by atoms with Crippen LogP contribution in [0.2, 0.25) is 0 Å². The molecule has 0 bridgehead atoms. The number of amides is 1. The Hall–Kier alpha value is -2.04. The summed E-state index contributed by atoms with van der Waals surface area (Å²) in [5.74, 6) is 0.181. The highest BCUT2D eigenvalue weighted by Crippen LogP contribution is 2.22.